The van der Waals surface area contributed by atoms with E-state index in [0.717, 1.165) is 18.8 Å². The quantitative estimate of drug-likeness (QED) is 0.831. The number of ether oxygens (including phenoxy) is 3. The van der Waals surface area contributed by atoms with Gasteiger partial charge in [-0.1, -0.05) is 13.8 Å². The molecule has 2 bridgehead atoms. The molecule has 3 aliphatic carbocycles. The summed E-state index contributed by atoms with van der Waals surface area (Å²) >= 11 is 0. The van der Waals surface area contributed by atoms with Gasteiger partial charge in [-0.15, -0.1) is 0 Å². The lowest BCUT2D eigenvalue weighted by Gasteiger charge is -2.65. The molecule has 3 saturated carbocycles. The Labute approximate surface area is 137 Å². The number of hydrogen-bond acceptors (Lipinski definition) is 4. The van der Waals surface area contributed by atoms with Crippen molar-refractivity contribution >= 4 is 5.78 Å². The molecule has 124 valence electrons. The molecule has 23 heavy (non-hydrogen) atoms. The number of fused-ring (bicyclic) bond motifs is 2. The van der Waals surface area contributed by atoms with Gasteiger partial charge in [-0.05, 0) is 30.6 Å². The number of hydrogen-bond donors (Lipinski definition) is 0. The Bertz CT molecular complexity index is 676. The van der Waals surface area contributed by atoms with Gasteiger partial charge < -0.3 is 14.2 Å². The third-order valence-corrected chi connectivity index (χ3v) is 6.57. The van der Waals surface area contributed by atoms with Gasteiger partial charge in [-0.25, -0.2) is 0 Å². The monoisotopic (exact) mass is 316 g/mol. The average molecular weight is 316 g/mol. The molecule has 1 aromatic rings. The van der Waals surface area contributed by atoms with Gasteiger partial charge in [0.2, 0.25) is 0 Å². The molecule has 1 spiro atoms. The first-order valence-corrected chi connectivity index (χ1v) is 8.39. The van der Waals surface area contributed by atoms with E-state index in [9.17, 15) is 4.79 Å². The first-order valence-electron chi connectivity index (χ1n) is 8.39. The molecule has 4 aliphatic rings. The summed E-state index contributed by atoms with van der Waals surface area (Å²) in [6.07, 6.45) is 3.75. The van der Waals surface area contributed by atoms with E-state index in [4.69, 9.17) is 14.2 Å². The molecule has 5 rings (SSSR count). The summed E-state index contributed by atoms with van der Waals surface area (Å²) in [6, 6.07) is 3.58. The molecule has 1 aliphatic heterocycles. The van der Waals surface area contributed by atoms with Crippen molar-refractivity contribution in [3.63, 3.8) is 0 Å². The maximum atomic E-state index is 12.9. The van der Waals surface area contributed by atoms with Crippen LogP contribution in [0, 0.1) is 17.3 Å². The molecule has 0 aromatic heterocycles. The van der Waals surface area contributed by atoms with E-state index in [2.05, 4.69) is 13.8 Å². The molecule has 4 nitrogen and oxygen atoms in total. The van der Waals surface area contributed by atoms with Crippen LogP contribution in [-0.2, 0) is 0 Å². The van der Waals surface area contributed by atoms with Crippen LogP contribution in [0.15, 0.2) is 12.1 Å². The first-order chi connectivity index (χ1) is 10.9. The fourth-order valence-electron chi connectivity index (χ4n) is 5.14. The Morgan fingerprint density at radius 1 is 1.22 bits per heavy atom. The topological polar surface area (TPSA) is 44.8 Å². The van der Waals surface area contributed by atoms with Crippen LogP contribution in [0.2, 0.25) is 0 Å². The highest BCUT2D eigenvalue weighted by Crippen LogP contribution is 2.65. The Hall–Kier alpha value is -1.71. The highest BCUT2D eigenvalue weighted by Gasteiger charge is 2.64. The molecule has 3 atom stereocenters. The number of rotatable bonds is 2. The van der Waals surface area contributed by atoms with Crippen LogP contribution >= 0.6 is 0 Å². The van der Waals surface area contributed by atoms with Crippen LogP contribution in [-0.4, -0.2) is 25.6 Å². The van der Waals surface area contributed by atoms with Crippen molar-refractivity contribution in [2.75, 3.05) is 14.2 Å². The average Bonchev–Trinajstić information content (AvgIpc) is 2.52. The summed E-state index contributed by atoms with van der Waals surface area (Å²) in [5.74, 6) is 3.18. The predicted octanol–water partition coefficient (Wildman–Crippen LogP) is 3.86. The Balaban J connectivity index is 1.79. The lowest BCUT2D eigenvalue weighted by molar-refractivity contribution is -0.189. The number of benzene rings is 1. The van der Waals surface area contributed by atoms with E-state index >= 15 is 0 Å². The van der Waals surface area contributed by atoms with Crippen LogP contribution in [0.4, 0.5) is 0 Å². The van der Waals surface area contributed by atoms with E-state index in [0.29, 0.717) is 35.2 Å². The van der Waals surface area contributed by atoms with Crippen molar-refractivity contribution < 1.29 is 19.0 Å². The predicted molar refractivity (Wildman–Crippen MR) is 86.5 cm³/mol. The molecule has 0 radical (unpaired) electrons. The zero-order valence-electron chi connectivity index (χ0n) is 14.3. The van der Waals surface area contributed by atoms with E-state index < -0.39 is 0 Å². The third kappa shape index (κ3) is 1.87. The van der Waals surface area contributed by atoms with E-state index in [1.807, 2.05) is 6.07 Å². The summed E-state index contributed by atoms with van der Waals surface area (Å²) in [5.41, 5.74) is 0.483. The van der Waals surface area contributed by atoms with Crippen molar-refractivity contribution in [1.82, 2.24) is 0 Å². The second kappa shape index (κ2) is 4.65. The maximum Gasteiger partial charge on any atom is 0.174 e. The molecule has 1 aromatic carbocycles. The lowest BCUT2D eigenvalue weighted by Crippen LogP contribution is -2.65. The Morgan fingerprint density at radius 3 is 2.61 bits per heavy atom. The number of carbonyl (C=O) groups excluding carboxylic acids is 1. The molecule has 3 fully saturated rings. The molecule has 0 amide bonds. The molecule has 0 saturated heterocycles. The molecule has 0 unspecified atom stereocenters. The zero-order valence-corrected chi connectivity index (χ0v) is 14.3. The van der Waals surface area contributed by atoms with E-state index in [1.54, 1.807) is 20.3 Å². The van der Waals surface area contributed by atoms with Gasteiger partial charge in [-0.3, -0.25) is 4.79 Å². The second-order valence-electron chi connectivity index (χ2n) is 7.81. The van der Waals surface area contributed by atoms with Crippen LogP contribution in [0.3, 0.4) is 0 Å². The summed E-state index contributed by atoms with van der Waals surface area (Å²) < 4.78 is 17.3. The summed E-state index contributed by atoms with van der Waals surface area (Å²) in [7, 11) is 3.19. The standard InChI is InChI=1S/C19H24O4/c1-18(2)11-5-6-19(16(18)7-11)10-13(20)17-14(22-4)8-12(21-3)9-15(17)23-19/h8-9,11,16H,5-7,10H2,1-4H3/t11-,16+,19-/m0/s1. The van der Waals surface area contributed by atoms with Gasteiger partial charge in [-0.2, -0.15) is 0 Å². The minimum atomic E-state index is -0.348. The molecular formula is C19H24O4. The zero-order chi connectivity index (χ0) is 16.4. The van der Waals surface area contributed by atoms with Crippen LogP contribution in [0.25, 0.3) is 0 Å². The lowest BCUT2D eigenvalue weighted by atomic mass is 9.43. The van der Waals surface area contributed by atoms with Gasteiger partial charge in [0.05, 0.1) is 20.6 Å². The largest absolute Gasteiger partial charge is 0.496 e. The number of carbonyl (C=O) groups is 1. The number of ketones is 1. The normalized spacial score (nSPS) is 33.5. The molecule has 4 heteroatoms. The van der Waals surface area contributed by atoms with E-state index in [-0.39, 0.29) is 16.8 Å². The molecule has 0 N–H and O–H groups in total. The third-order valence-electron chi connectivity index (χ3n) is 6.57. The minimum absolute atomic E-state index is 0.131. The van der Waals surface area contributed by atoms with Crippen LogP contribution in [0.5, 0.6) is 17.2 Å². The van der Waals surface area contributed by atoms with Crippen molar-refractivity contribution in [1.29, 1.82) is 0 Å². The summed E-state index contributed by atoms with van der Waals surface area (Å²) in [6.45, 7) is 4.64. The van der Waals surface area contributed by atoms with E-state index in [1.165, 1.54) is 6.42 Å². The second-order valence-corrected chi connectivity index (χ2v) is 7.81. The highest BCUT2D eigenvalue weighted by atomic mass is 16.5. The van der Waals surface area contributed by atoms with Gasteiger partial charge in [0.1, 0.15) is 28.4 Å². The van der Waals surface area contributed by atoms with Crippen LogP contribution < -0.4 is 14.2 Å². The van der Waals surface area contributed by atoms with Crippen LogP contribution in [0.1, 0.15) is 49.9 Å². The van der Waals surface area contributed by atoms with Crippen molar-refractivity contribution in [2.24, 2.45) is 17.3 Å². The van der Waals surface area contributed by atoms with Gasteiger partial charge in [0.15, 0.2) is 5.78 Å². The summed E-state index contributed by atoms with van der Waals surface area (Å²) in [5, 5.41) is 0. The van der Waals surface area contributed by atoms with Crippen molar-refractivity contribution in [3.05, 3.63) is 17.7 Å². The van der Waals surface area contributed by atoms with Gasteiger partial charge in [0, 0.05) is 18.1 Å². The SMILES string of the molecule is COc1cc(OC)c2c(c1)O[C@@]1(CC[C@H]3C[C@@H]1C3(C)C)CC2=O. The maximum absolute atomic E-state index is 12.9. The van der Waals surface area contributed by atoms with Gasteiger partial charge >= 0.3 is 0 Å². The fourth-order valence-corrected chi connectivity index (χ4v) is 5.14. The number of Topliss-reactive ketones (excluding diaryl/α,β-unsaturated/α-hetero) is 1. The van der Waals surface area contributed by atoms with Crippen molar-refractivity contribution in [2.45, 2.75) is 45.1 Å². The molecule has 1 heterocycles. The smallest absolute Gasteiger partial charge is 0.174 e. The number of methoxy groups -OCH3 is 2. The van der Waals surface area contributed by atoms with Crippen molar-refractivity contribution in [3.8, 4) is 17.2 Å². The fraction of sp³-hybridized carbons (Fsp3) is 0.632. The first kappa shape index (κ1) is 14.9. The molecular weight excluding hydrogens is 292 g/mol. The summed E-state index contributed by atoms with van der Waals surface area (Å²) in [4.78, 5) is 12.9. The van der Waals surface area contributed by atoms with Gasteiger partial charge in [0.25, 0.3) is 0 Å². The highest BCUT2D eigenvalue weighted by molar-refractivity contribution is 6.03. The Kier molecular flexibility index (Phi) is 3.00. The Morgan fingerprint density at radius 2 is 2.00 bits per heavy atom. The minimum Gasteiger partial charge on any atom is -0.496 e.